The van der Waals surface area contributed by atoms with Crippen molar-refractivity contribution in [1.82, 2.24) is 20.5 Å². The molecule has 3 rings (SSSR count). The van der Waals surface area contributed by atoms with Crippen molar-refractivity contribution in [3.63, 3.8) is 0 Å². The molecule has 0 unspecified atom stereocenters. The van der Waals surface area contributed by atoms with Crippen molar-refractivity contribution in [2.75, 3.05) is 6.54 Å². The van der Waals surface area contributed by atoms with E-state index in [2.05, 4.69) is 27.8 Å². The van der Waals surface area contributed by atoms with Crippen LogP contribution in [-0.2, 0) is 17.9 Å². The summed E-state index contributed by atoms with van der Waals surface area (Å²) in [5, 5.41) is 6.64. The molecular formula is C24H26N4OS. The van der Waals surface area contributed by atoms with Crippen molar-refractivity contribution in [2.24, 2.45) is 0 Å². The minimum atomic E-state index is -0.102. The second-order valence-corrected chi connectivity index (χ2v) is 7.45. The first-order valence-corrected chi connectivity index (χ1v) is 10.3. The quantitative estimate of drug-likeness (QED) is 0.545. The SMILES string of the molecule is C[C@H](NC(=O)CNC(=S)N(Cc1ccccc1)Cc1cccnc1)c1ccccc1. The molecule has 1 atom stereocenters. The summed E-state index contributed by atoms with van der Waals surface area (Å²) in [6.07, 6.45) is 3.58. The molecule has 5 nitrogen and oxygen atoms in total. The van der Waals surface area contributed by atoms with Crippen LogP contribution in [0.1, 0.15) is 29.7 Å². The monoisotopic (exact) mass is 418 g/mol. The summed E-state index contributed by atoms with van der Waals surface area (Å²) in [4.78, 5) is 18.6. The summed E-state index contributed by atoms with van der Waals surface area (Å²) < 4.78 is 0. The highest BCUT2D eigenvalue weighted by Crippen LogP contribution is 2.11. The van der Waals surface area contributed by atoms with E-state index in [9.17, 15) is 4.79 Å². The van der Waals surface area contributed by atoms with Crippen LogP contribution in [0.3, 0.4) is 0 Å². The predicted molar refractivity (Wildman–Crippen MR) is 124 cm³/mol. The molecule has 2 aromatic carbocycles. The fourth-order valence-electron chi connectivity index (χ4n) is 3.10. The Bertz CT molecular complexity index is 894. The highest BCUT2D eigenvalue weighted by atomic mass is 32.1. The smallest absolute Gasteiger partial charge is 0.239 e. The number of nitrogens with zero attached hydrogens (tertiary/aromatic N) is 2. The normalized spacial score (nSPS) is 11.4. The summed E-state index contributed by atoms with van der Waals surface area (Å²) in [6, 6.07) is 23.9. The zero-order valence-electron chi connectivity index (χ0n) is 17.0. The van der Waals surface area contributed by atoms with Crippen molar-refractivity contribution in [2.45, 2.75) is 26.1 Å². The second kappa shape index (κ2) is 11.1. The Labute approximate surface area is 183 Å². The zero-order valence-corrected chi connectivity index (χ0v) is 17.8. The van der Waals surface area contributed by atoms with Gasteiger partial charge in [0, 0.05) is 25.5 Å². The maximum atomic E-state index is 12.4. The molecule has 0 aliphatic carbocycles. The molecule has 0 fully saturated rings. The van der Waals surface area contributed by atoms with Gasteiger partial charge in [0.2, 0.25) is 5.91 Å². The number of carbonyl (C=O) groups is 1. The summed E-state index contributed by atoms with van der Waals surface area (Å²) in [5.74, 6) is -0.102. The molecule has 0 aliphatic heterocycles. The molecule has 30 heavy (non-hydrogen) atoms. The number of nitrogens with one attached hydrogen (secondary N) is 2. The molecule has 6 heteroatoms. The molecular weight excluding hydrogens is 392 g/mol. The summed E-state index contributed by atoms with van der Waals surface area (Å²) >= 11 is 5.61. The van der Waals surface area contributed by atoms with E-state index in [0.29, 0.717) is 18.2 Å². The van der Waals surface area contributed by atoms with Crippen LogP contribution in [0.4, 0.5) is 0 Å². The molecule has 0 radical (unpaired) electrons. The number of benzene rings is 2. The highest BCUT2D eigenvalue weighted by molar-refractivity contribution is 7.80. The number of hydrogen-bond acceptors (Lipinski definition) is 3. The minimum absolute atomic E-state index is 0.0649. The third-order valence-electron chi connectivity index (χ3n) is 4.68. The molecule has 2 N–H and O–H groups in total. The molecule has 0 saturated carbocycles. The van der Waals surface area contributed by atoms with E-state index in [1.165, 1.54) is 0 Å². The molecule has 1 heterocycles. The molecule has 154 valence electrons. The lowest BCUT2D eigenvalue weighted by atomic mass is 10.1. The molecule has 1 aromatic heterocycles. The summed E-state index contributed by atoms with van der Waals surface area (Å²) in [6.45, 7) is 3.34. The van der Waals surface area contributed by atoms with Gasteiger partial charge in [-0.25, -0.2) is 0 Å². The molecule has 1 amide bonds. The van der Waals surface area contributed by atoms with Gasteiger partial charge in [-0.1, -0.05) is 66.7 Å². The number of rotatable bonds is 8. The van der Waals surface area contributed by atoms with Crippen molar-refractivity contribution < 1.29 is 4.79 Å². The number of aromatic nitrogens is 1. The molecule has 0 aliphatic rings. The Morgan fingerprint density at radius 1 is 0.967 bits per heavy atom. The van der Waals surface area contributed by atoms with Crippen LogP contribution >= 0.6 is 12.2 Å². The van der Waals surface area contributed by atoms with Crippen molar-refractivity contribution in [1.29, 1.82) is 0 Å². The Morgan fingerprint density at radius 2 is 1.60 bits per heavy atom. The Morgan fingerprint density at radius 3 is 2.27 bits per heavy atom. The predicted octanol–water partition coefficient (Wildman–Crippen LogP) is 3.84. The van der Waals surface area contributed by atoms with Gasteiger partial charge in [-0.3, -0.25) is 9.78 Å². The van der Waals surface area contributed by atoms with Crippen LogP contribution in [0.5, 0.6) is 0 Å². The fraction of sp³-hybridized carbons (Fsp3) is 0.208. The van der Waals surface area contributed by atoms with Gasteiger partial charge < -0.3 is 15.5 Å². The van der Waals surface area contributed by atoms with E-state index in [0.717, 1.165) is 16.7 Å². The molecule has 0 spiro atoms. The van der Waals surface area contributed by atoms with Crippen LogP contribution in [-0.4, -0.2) is 27.4 Å². The average Bonchev–Trinajstić information content (AvgIpc) is 2.79. The highest BCUT2D eigenvalue weighted by Gasteiger charge is 2.14. The lowest BCUT2D eigenvalue weighted by Crippen LogP contribution is -2.44. The Hall–Kier alpha value is -3.25. The number of amides is 1. The topological polar surface area (TPSA) is 57.3 Å². The van der Waals surface area contributed by atoms with E-state index in [-0.39, 0.29) is 18.5 Å². The van der Waals surface area contributed by atoms with Gasteiger partial charge >= 0.3 is 0 Å². The van der Waals surface area contributed by atoms with Crippen LogP contribution in [0.2, 0.25) is 0 Å². The van der Waals surface area contributed by atoms with E-state index in [4.69, 9.17) is 12.2 Å². The van der Waals surface area contributed by atoms with E-state index in [1.54, 1.807) is 6.20 Å². The van der Waals surface area contributed by atoms with Gasteiger partial charge in [-0.05, 0) is 41.9 Å². The number of thiocarbonyl (C=S) groups is 1. The maximum Gasteiger partial charge on any atom is 0.239 e. The molecule has 0 saturated heterocycles. The van der Waals surface area contributed by atoms with Gasteiger partial charge in [-0.2, -0.15) is 0 Å². The first-order valence-electron chi connectivity index (χ1n) is 9.92. The maximum absolute atomic E-state index is 12.4. The Kier molecular flexibility index (Phi) is 7.92. The third kappa shape index (κ3) is 6.67. The standard InChI is InChI=1S/C24H26N4OS/c1-19(22-12-6-3-7-13-22)27-23(29)16-26-24(30)28(17-20-9-4-2-5-10-20)18-21-11-8-14-25-15-21/h2-15,19H,16-18H2,1H3,(H,26,30)(H,27,29)/t19-/m0/s1. The van der Waals surface area contributed by atoms with Gasteiger partial charge in [0.05, 0.1) is 12.6 Å². The van der Waals surface area contributed by atoms with Crippen LogP contribution < -0.4 is 10.6 Å². The summed E-state index contributed by atoms with van der Waals surface area (Å²) in [7, 11) is 0. The van der Waals surface area contributed by atoms with Crippen molar-refractivity contribution >= 4 is 23.2 Å². The number of hydrogen-bond donors (Lipinski definition) is 2. The van der Waals surface area contributed by atoms with E-state index >= 15 is 0 Å². The molecule has 0 bridgehead atoms. The molecule has 3 aromatic rings. The zero-order chi connectivity index (χ0) is 21.2. The first-order chi connectivity index (χ1) is 14.6. The first kappa shape index (κ1) is 21.5. The minimum Gasteiger partial charge on any atom is -0.353 e. The number of carbonyl (C=O) groups excluding carboxylic acids is 1. The third-order valence-corrected chi connectivity index (χ3v) is 5.08. The largest absolute Gasteiger partial charge is 0.353 e. The van der Waals surface area contributed by atoms with Crippen LogP contribution in [0, 0.1) is 0 Å². The van der Waals surface area contributed by atoms with Crippen LogP contribution in [0.25, 0.3) is 0 Å². The fourth-order valence-corrected chi connectivity index (χ4v) is 3.30. The van der Waals surface area contributed by atoms with Gasteiger partial charge in [0.15, 0.2) is 5.11 Å². The van der Waals surface area contributed by atoms with Crippen molar-refractivity contribution in [3.05, 3.63) is 102 Å². The van der Waals surface area contributed by atoms with E-state index in [1.807, 2.05) is 78.7 Å². The average molecular weight is 419 g/mol. The number of pyridine rings is 1. The van der Waals surface area contributed by atoms with Gasteiger partial charge in [0.1, 0.15) is 0 Å². The van der Waals surface area contributed by atoms with Gasteiger partial charge in [0.25, 0.3) is 0 Å². The second-order valence-electron chi connectivity index (χ2n) is 7.06. The van der Waals surface area contributed by atoms with Gasteiger partial charge in [-0.15, -0.1) is 0 Å². The van der Waals surface area contributed by atoms with Crippen molar-refractivity contribution in [3.8, 4) is 0 Å². The van der Waals surface area contributed by atoms with Crippen LogP contribution in [0.15, 0.2) is 85.2 Å². The lowest BCUT2D eigenvalue weighted by molar-refractivity contribution is -0.120. The summed E-state index contributed by atoms with van der Waals surface area (Å²) in [5.41, 5.74) is 3.27. The van der Waals surface area contributed by atoms with E-state index < -0.39 is 0 Å². The lowest BCUT2D eigenvalue weighted by Gasteiger charge is -2.26. The Balaban J connectivity index is 1.58.